The van der Waals surface area contributed by atoms with Crippen LogP contribution in [0.4, 0.5) is 4.79 Å². The van der Waals surface area contributed by atoms with Crippen molar-refractivity contribution in [2.75, 3.05) is 6.61 Å². The van der Waals surface area contributed by atoms with E-state index in [1.165, 1.54) is 83.5 Å². The lowest BCUT2D eigenvalue weighted by Gasteiger charge is -2.16. The molecule has 0 saturated carbocycles. The smallest absolute Gasteiger partial charge is 0.432 e. The lowest BCUT2D eigenvalue weighted by molar-refractivity contribution is -0.452. The molecule has 0 N–H and O–H groups in total. The molecule has 212 valence electrons. The van der Waals surface area contributed by atoms with Crippen molar-refractivity contribution in [2.24, 2.45) is 0 Å². The zero-order valence-corrected chi connectivity index (χ0v) is 24.5. The molecular formula is C31H52O6. The molecule has 0 fully saturated rings. The lowest BCUT2D eigenvalue weighted by atomic mass is 9.90. The summed E-state index contributed by atoms with van der Waals surface area (Å²) in [4.78, 5) is 33.2. The molecule has 0 aliphatic heterocycles. The summed E-state index contributed by atoms with van der Waals surface area (Å²) < 4.78 is 4.97. The minimum absolute atomic E-state index is 0.253. The number of hydrogen-bond acceptors (Lipinski definition) is 6. The molecule has 0 saturated heterocycles. The summed E-state index contributed by atoms with van der Waals surface area (Å²) in [7, 11) is 0. The molecule has 37 heavy (non-hydrogen) atoms. The average molecular weight is 521 g/mol. The fourth-order valence-electron chi connectivity index (χ4n) is 4.75. The zero-order valence-electron chi connectivity index (χ0n) is 24.5. The summed E-state index contributed by atoms with van der Waals surface area (Å²) in [5.41, 5.74) is 5.25. The van der Waals surface area contributed by atoms with E-state index in [9.17, 15) is 9.59 Å². The SMILES string of the molecule is CCCCCCCCCCCCCCCCCCOC(=O)OOOC(=O)c1c(C)c(C)c(C)c(C)c1C. The lowest BCUT2D eigenvalue weighted by Crippen LogP contribution is -2.15. The van der Waals surface area contributed by atoms with Crippen LogP contribution in [0, 0.1) is 34.6 Å². The molecule has 1 rings (SSSR count). The van der Waals surface area contributed by atoms with Crippen LogP contribution in [0.15, 0.2) is 0 Å². The van der Waals surface area contributed by atoms with E-state index in [1.54, 1.807) is 0 Å². The minimum Gasteiger partial charge on any atom is -0.432 e. The number of hydrogen-bond donors (Lipinski definition) is 0. The van der Waals surface area contributed by atoms with Crippen LogP contribution in [0.2, 0.25) is 0 Å². The Morgan fingerprint density at radius 3 is 1.32 bits per heavy atom. The molecule has 0 spiro atoms. The molecule has 6 heteroatoms. The number of unbranched alkanes of at least 4 members (excludes halogenated alkanes) is 15. The van der Waals surface area contributed by atoms with Crippen molar-refractivity contribution < 1.29 is 29.1 Å². The van der Waals surface area contributed by atoms with E-state index in [1.807, 2.05) is 34.6 Å². The first-order valence-corrected chi connectivity index (χ1v) is 14.6. The fourth-order valence-corrected chi connectivity index (χ4v) is 4.75. The van der Waals surface area contributed by atoms with Gasteiger partial charge in [-0.3, -0.25) is 4.89 Å². The van der Waals surface area contributed by atoms with E-state index >= 15 is 0 Å². The second-order valence-electron chi connectivity index (χ2n) is 10.4. The van der Waals surface area contributed by atoms with Crippen LogP contribution in [-0.2, 0) is 19.6 Å². The van der Waals surface area contributed by atoms with Gasteiger partial charge in [-0.05, 0) is 68.9 Å². The minimum atomic E-state index is -1.02. The Labute approximate surface area is 225 Å². The molecule has 0 amide bonds. The van der Waals surface area contributed by atoms with Crippen molar-refractivity contribution >= 4 is 12.1 Å². The standard InChI is InChI=1S/C31H52O6/c1-7-8-9-10-11-12-13-14-15-16-17-18-19-20-21-22-23-34-31(33)36-37-35-30(32)29-27(5)25(3)24(2)26(4)28(29)6/h7-23H2,1-6H3. The highest BCUT2D eigenvalue weighted by atomic mass is 17.5. The Balaban J connectivity index is 1.99. The van der Waals surface area contributed by atoms with Crippen LogP contribution in [0.25, 0.3) is 0 Å². The van der Waals surface area contributed by atoms with Gasteiger partial charge in [0.25, 0.3) is 0 Å². The number of carbonyl (C=O) groups excluding carboxylic acids is 2. The van der Waals surface area contributed by atoms with E-state index < -0.39 is 12.1 Å². The quantitative estimate of drug-likeness (QED) is 0.0737. The molecule has 0 aliphatic rings. The highest BCUT2D eigenvalue weighted by molar-refractivity contribution is 5.93. The van der Waals surface area contributed by atoms with Gasteiger partial charge in [-0.1, -0.05) is 103 Å². The van der Waals surface area contributed by atoms with E-state index in [0.717, 1.165) is 47.1 Å². The Hall–Kier alpha value is -2.08. The predicted molar refractivity (Wildman–Crippen MR) is 149 cm³/mol. The largest absolute Gasteiger partial charge is 0.543 e. The average Bonchev–Trinajstić information content (AvgIpc) is 2.88. The molecule has 0 atom stereocenters. The summed E-state index contributed by atoms with van der Waals surface area (Å²) in [6.07, 6.45) is 19.6. The van der Waals surface area contributed by atoms with Gasteiger partial charge >= 0.3 is 12.1 Å². The van der Waals surface area contributed by atoms with Gasteiger partial charge in [0, 0.05) is 0 Å². The van der Waals surface area contributed by atoms with Gasteiger partial charge in [0.05, 0.1) is 17.2 Å². The van der Waals surface area contributed by atoms with Crippen molar-refractivity contribution in [3.05, 3.63) is 33.4 Å². The molecule has 1 aromatic rings. The Bertz CT molecular complexity index is 772. The van der Waals surface area contributed by atoms with Crippen molar-refractivity contribution in [1.29, 1.82) is 0 Å². The van der Waals surface area contributed by atoms with E-state index in [-0.39, 0.29) is 6.61 Å². The van der Waals surface area contributed by atoms with Crippen molar-refractivity contribution in [3.8, 4) is 0 Å². The molecule has 0 heterocycles. The Morgan fingerprint density at radius 2 is 0.892 bits per heavy atom. The maximum atomic E-state index is 12.4. The van der Waals surface area contributed by atoms with Gasteiger partial charge < -0.3 is 4.74 Å². The van der Waals surface area contributed by atoms with Crippen LogP contribution >= 0.6 is 0 Å². The summed E-state index contributed by atoms with van der Waals surface area (Å²) >= 11 is 0. The summed E-state index contributed by atoms with van der Waals surface area (Å²) in [5.74, 6) is -0.702. The van der Waals surface area contributed by atoms with Gasteiger partial charge in [0.2, 0.25) is 0 Å². The van der Waals surface area contributed by atoms with Gasteiger partial charge in [-0.25, -0.2) is 14.5 Å². The van der Waals surface area contributed by atoms with Gasteiger partial charge in [0.1, 0.15) is 0 Å². The van der Waals surface area contributed by atoms with Crippen LogP contribution in [0.5, 0.6) is 0 Å². The fraction of sp³-hybridized carbons (Fsp3) is 0.742. The topological polar surface area (TPSA) is 71.1 Å². The molecule has 0 aliphatic carbocycles. The van der Waals surface area contributed by atoms with Crippen LogP contribution in [0.3, 0.4) is 0 Å². The highest BCUT2D eigenvalue weighted by Gasteiger charge is 2.21. The van der Waals surface area contributed by atoms with Gasteiger partial charge in [-0.2, -0.15) is 0 Å². The third kappa shape index (κ3) is 13.3. The predicted octanol–water partition coefficient (Wildman–Crippen LogP) is 9.65. The first kappa shape index (κ1) is 32.9. The molecule has 0 bridgehead atoms. The van der Waals surface area contributed by atoms with Gasteiger partial charge in [-0.15, -0.1) is 0 Å². The van der Waals surface area contributed by atoms with Crippen LogP contribution in [-0.4, -0.2) is 18.7 Å². The monoisotopic (exact) mass is 520 g/mol. The van der Waals surface area contributed by atoms with Crippen LogP contribution < -0.4 is 0 Å². The molecule has 6 nitrogen and oxygen atoms in total. The zero-order chi connectivity index (χ0) is 27.5. The number of benzene rings is 1. The molecule has 0 unspecified atom stereocenters. The molecule has 1 aromatic carbocycles. The molecule has 0 radical (unpaired) electrons. The number of rotatable bonds is 20. The third-order valence-electron chi connectivity index (χ3n) is 7.63. The maximum Gasteiger partial charge on any atom is 0.543 e. The molecular weight excluding hydrogens is 468 g/mol. The van der Waals surface area contributed by atoms with Crippen molar-refractivity contribution in [3.63, 3.8) is 0 Å². The van der Waals surface area contributed by atoms with E-state index in [4.69, 9.17) is 4.74 Å². The summed E-state index contributed by atoms with van der Waals surface area (Å²) in [6.45, 7) is 12.2. The molecule has 0 aromatic heterocycles. The maximum absolute atomic E-state index is 12.4. The Kier molecular flexibility index (Phi) is 17.8. The number of ether oxygens (including phenoxy) is 1. The van der Waals surface area contributed by atoms with Crippen molar-refractivity contribution in [2.45, 2.75) is 144 Å². The highest BCUT2D eigenvalue weighted by Crippen LogP contribution is 2.26. The van der Waals surface area contributed by atoms with Gasteiger partial charge in [0.15, 0.2) is 0 Å². The number of carbonyl (C=O) groups is 2. The first-order chi connectivity index (χ1) is 17.8. The van der Waals surface area contributed by atoms with E-state index in [0.29, 0.717) is 5.56 Å². The van der Waals surface area contributed by atoms with Crippen molar-refractivity contribution in [1.82, 2.24) is 0 Å². The van der Waals surface area contributed by atoms with E-state index in [2.05, 4.69) is 21.7 Å². The second-order valence-corrected chi connectivity index (χ2v) is 10.4. The first-order valence-electron chi connectivity index (χ1n) is 14.6. The third-order valence-corrected chi connectivity index (χ3v) is 7.63. The second kappa shape index (κ2) is 20.0. The normalized spacial score (nSPS) is 11.0. The summed E-state index contributed by atoms with van der Waals surface area (Å²) in [5, 5.41) is 4.39. The summed E-state index contributed by atoms with van der Waals surface area (Å²) in [6, 6.07) is 0. The Morgan fingerprint density at radius 1 is 0.514 bits per heavy atom. The van der Waals surface area contributed by atoms with Crippen LogP contribution in [0.1, 0.15) is 148 Å².